The van der Waals surface area contributed by atoms with Crippen molar-refractivity contribution in [2.24, 2.45) is 0 Å². The first kappa shape index (κ1) is 16.4. The van der Waals surface area contributed by atoms with Crippen LogP contribution in [-0.4, -0.2) is 16.0 Å². The maximum Gasteiger partial charge on any atom is 0.0890 e. The van der Waals surface area contributed by atoms with Gasteiger partial charge in [0.05, 0.1) is 16.7 Å². The molecule has 2 aromatic carbocycles. The van der Waals surface area contributed by atoms with Crippen LogP contribution in [0.2, 0.25) is 0 Å². The number of hydrogen-bond donors (Lipinski definition) is 1. The van der Waals surface area contributed by atoms with Crippen LogP contribution in [0.5, 0.6) is 0 Å². The molecular formula is C21H25N3. The topological polar surface area (TPSA) is 37.8 Å². The molecule has 0 radical (unpaired) electrons. The van der Waals surface area contributed by atoms with E-state index in [9.17, 15) is 0 Å². The average molecular weight is 319 g/mol. The van der Waals surface area contributed by atoms with Crippen molar-refractivity contribution in [3.8, 4) is 0 Å². The van der Waals surface area contributed by atoms with Crippen molar-refractivity contribution in [3.63, 3.8) is 0 Å². The molecule has 0 saturated carbocycles. The Morgan fingerprint density at radius 3 is 2.54 bits per heavy atom. The Hall–Kier alpha value is -2.42. The normalized spacial score (nSPS) is 15.8. The summed E-state index contributed by atoms with van der Waals surface area (Å²) in [5.41, 5.74) is 5.82. The number of benzene rings is 2. The summed E-state index contributed by atoms with van der Waals surface area (Å²) < 4.78 is 0. The summed E-state index contributed by atoms with van der Waals surface area (Å²) in [5.74, 6) is 0. The Morgan fingerprint density at radius 1 is 1.00 bits per heavy atom. The van der Waals surface area contributed by atoms with Crippen LogP contribution in [0.4, 0.5) is 5.69 Å². The Morgan fingerprint density at radius 2 is 1.75 bits per heavy atom. The molecule has 0 bridgehead atoms. The largest absolute Gasteiger partial charge is 0.382 e. The van der Waals surface area contributed by atoms with Crippen LogP contribution in [0.3, 0.4) is 0 Å². The number of hydrogen-bond acceptors (Lipinski definition) is 3. The van der Waals surface area contributed by atoms with Gasteiger partial charge in [-0.15, -0.1) is 0 Å². The van der Waals surface area contributed by atoms with Gasteiger partial charge in [0.15, 0.2) is 0 Å². The fourth-order valence-corrected chi connectivity index (χ4v) is 2.97. The molecule has 2 heterocycles. The van der Waals surface area contributed by atoms with Crippen molar-refractivity contribution < 1.29 is 0 Å². The first-order valence-electron chi connectivity index (χ1n) is 8.85. The molecule has 0 aliphatic carbocycles. The first-order chi connectivity index (χ1) is 11.8. The number of aromatic nitrogens is 2. The molecule has 0 fully saturated rings. The standard InChI is InChI=1S/C11H15N.C10H10N2/c1-2-10-8-7-9-5-3-4-6-11(9)12-10;1-2-8-7-11-9-5-3-4-6-10(9)12-8/h3-6,10,12H,2,7-8H2,1H3;3-7H,2H2,1H3/t10-;/m0./s1. The van der Waals surface area contributed by atoms with Gasteiger partial charge in [-0.1, -0.05) is 44.2 Å². The minimum Gasteiger partial charge on any atom is -0.382 e. The zero-order valence-electron chi connectivity index (χ0n) is 14.5. The molecule has 3 heteroatoms. The molecule has 0 amide bonds. The van der Waals surface area contributed by atoms with E-state index in [0.29, 0.717) is 6.04 Å². The summed E-state index contributed by atoms with van der Waals surface area (Å²) in [6.45, 7) is 4.32. The summed E-state index contributed by atoms with van der Waals surface area (Å²) >= 11 is 0. The van der Waals surface area contributed by atoms with Gasteiger partial charge in [0.1, 0.15) is 0 Å². The quantitative estimate of drug-likeness (QED) is 0.721. The lowest BCUT2D eigenvalue weighted by molar-refractivity contribution is 0.614. The van der Waals surface area contributed by atoms with Crippen LogP contribution in [0, 0.1) is 0 Å². The Labute approximate surface area is 144 Å². The summed E-state index contributed by atoms with van der Waals surface area (Å²) in [6, 6.07) is 17.2. The Kier molecular flexibility index (Phi) is 5.42. The maximum absolute atomic E-state index is 4.43. The highest BCUT2D eigenvalue weighted by Gasteiger charge is 2.14. The molecule has 4 rings (SSSR count). The van der Waals surface area contributed by atoms with Crippen molar-refractivity contribution in [1.82, 2.24) is 9.97 Å². The molecule has 0 spiro atoms. The number of rotatable bonds is 2. The van der Waals surface area contributed by atoms with Crippen molar-refractivity contribution in [2.75, 3.05) is 5.32 Å². The molecule has 124 valence electrons. The lowest BCUT2D eigenvalue weighted by Gasteiger charge is -2.25. The first-order valence-corrected chi connectivity index (χ1v) is 8.85. The minimum atomic E-state index is 0.694. The van der Waals surface area contributed by atoms with E-state index < -0.39 is 0 Å². The summed E-state index contributed by atoms with van der Waals surface area (Å²) in [5, 5.41) is 3.55. The fourth-order valence-electron chi connectivity index (χ4n) is 2.97. The predicted octanol–water partition coefficient (Wildman–Crippen LogP) is 5.02. The zero-order valence-corrected chi connectivity index (χ0v) is 14.5. The molecule has 1 atom stereocenters. The van der Waals surface area contributed by atoms with Crippen molar-refractivity contribution >= 4 is 16.7 Å². The van der Waals surface area contributed by atoms with Gasteiger partial charge in [-0.05, 0) is 49.4 Å². The van der Waals surface area contributed by atoms with E-state index in [1.807, 2.05) is 30.5 Å². The third-order valence-electron chi connectivity index (χ3n) is 4.49. The highest BCUT2D eigenvalue weighted by Crippen LogP contribution is 2.25. The number of anilines is 1. The average Bonchev–Trinajstić information content (AvgIpc) is 2.67. The SMILES string of the molecule is CC[C@H]1CCc2ccccc2N1.CCc1cnc2ccccc2n1. The molecule has 0 unspecified atom stereocenters. The molecular weight excluding hydrogens is 294 g/mol. The van der Waals surface area contributed by atoms with E-state index in [2.05, 4.69) is 53.4 Å². The van der Waals surface area contributed by atoms with Gasteiger partial charge in [0.25, 0.3) is 0 Å². The Bertz CT molecular complexity index is 798. The molecule has 0 saturated heterocycles. The van der Waals surface area contributed by atoms with E-state index in [1.165, 1.54) is 30.5 Å². The monoisotopic (exact) mass is 319 g/mol. The van der Waals surface area contributed by atoms with E-state index >= 15 is 0 Å². The molecule has 3 nitrogen and oxygen atoms in total. The second-order valence-corrected chi connectivity index (χ2v) is 6.15. The number of para-hydroxylation sites is 3. The second-order valence-electron chi connectivity index (χ2n) is 6.15. The number of fused-ring (bicyclic) bond motifs is 2. The maximum atomic E-state index is 4.43. The van der Waals surface area contributed by atoms with Crippen LogP contribution >= 0.6 is 0 Å². The lowest BCUT2D eigenvalue weighted by Crippen LogP contribution is -2.24. The fraction of sp³-hybridized carbons (Fsp3) is 0.333. The van der Waals surface area contributed by atoms with Crippen molar-refractivity contribution in [1.29, 1.82) is 0 Å². The van der Waals surface area contributed by atoms with Crippen LogP contribution < -0.4 is 5.32 Å². The minimum absolute atomic E-state index is 0.694. The van der Waals surface area contributed by atoms with Gasteiger partial charge in [-0.2, -0.15) is 0 Å². The molecule has 1 aromatic heterocycles. The predicted molar refractivity (Wildman–Crippen MR) is 101 cm³/mol. The van der Waals surface area contributed by atoms with Crippen LogP contribution in [0.15, 0.2) is 54.7 Å². The Balaban J connectivity index is 0.000000141. The van der Waals surface area contributed by atoms with Gasteiger partial charge < -0.3 is 5.32 Å². The van der Waals surface area contributed by atoms with Crippen molar-refractivity contribution in [3.05, 3.63) is 66.0 Å². The highest BCUT2D eigenvalue weighted by atomic mass is 14.9. The van der Waals surface area contributed by atoms with Crippen molar-refractivity contribution in [2.45, 2.75) is 45.6 Å². The third kappa shape index (κ3) is 3.91. The lowest BCUT2D eigenvalue weighted by atomic mass is 9.97. The molecule has 1 aliphatic rings. The zero-order chi connectivity index (χ0) is 16.8. The summed E-state index contributed by atoms with van der Waals surface area (Å²) in [4.78, 5) is 8.72. The molecule has 24 heavy (non-hydrogen) atoms. The van der Waals surface area contributed by atoms with Crippen LogP contribution in [-0.2, 0) is 12.8 Å². The molecule has 1 N–H and O–H groups in total. The highest BCUT2D eigenvalue weighted by molar-refractivity contribution is 5.73. The molecule has 3 aromatic rings. The van der Waals surface area contributed by atoms with Gasteiger partial charge >= 0.3 is 0 Å². The van der Waals surface area contributed by atoms with E-state index in [1.54, 1.807) is 0 Å². The van der Waals surface area contributed by atoms with Gasteiger partial charge in [0.2, 0.25) is 0 Å². The number of aryl methyl sites for hydroxylation is 2. The van der Waals surface area contributed by atoms with Gasteiger partial charge in [-0.3, -0.25) is 4.98 Å². The van der Waals surface area contributed by atoms with Gasteiger partial charge in [-0.25, -0.2) is 4.98 Å². The smallest absolute Gasteiger partial charge is 0.0890 e. The third-order valence-corrected chi connectivity index (χ3v) is 4.49. The van der Waals surface area contributed by atoms with Crippen LogP contribution in [0.25, 0.3) is 11.0 Å². The summed E-state index contributed by atoms with van der Waals surface area (Å²) in [7, 11) is 0. The summed E-state index contributed by atoms with van der Waals surface area (Å²) in [6.07, 6.45) is 6.53. The van der Waals surface area contributed by atoms with E-state index in [-0.39, 0.29) is 0 Å². The number of nitrogens with zero attached hydrogens (tertiary/aromatic N) is 2. The number of nitrogens with one attached hydrogen (secondary N) is 1. The second kappa shape index (κ2) is 7.91. The van der Waals surface area contributed by atoms with Crippen LogP contribution in [0.1, 0.15) is 37.9 Å². The van der Waals surface area contributed by atoms with Gasteiger partial charge in [0, 0.05) is 17.9 Å². The molecule has 1 aliphatic heterocycles. The van der Waals surface area contributed by atoms with E-state index in [4.69, 9.17) is 0 Å². The van der Waals surface area contributed by atoms with E-state index in [0.717, 1.165) is 23.1 Å².